The molecular weight excluding hydrogens is 1030 g/mol. The monoisotopic (exact) mass is 1090 g/mol. The lowest BCUT2D eigenvalue weighted by Crippen LogP contribution is -2.41. The van der Waals surface area contributed by atoms with E-state index in [9.17, 15) is 19.2 Å². The molecule has 4 aromatic carbocycles. The molecule has 0 saturated heterocycles. The van der Waals surface area contributed by atoms with Crippen LogP contribution in [0.5, 0.6) is 0 Å². The van der Waals surface area contributed by atoms with E-state index in [4.69, 9.17) is 65.4 Å². The largest absolute Gasteiger partial charge is 0.377 e. The fraction of sp³-hybridized carbons (Fsp3) is 0.481. The fourth-order valence-electron chi connectivity index (χ4n) is 10.4. The molecule has 0 radical (unpaired) electrons. The highest BCUT2D eigenvalue weighted by Crippen LogP contribution is 2.41. The second kappa shape index (κ2) is 25.0. The van der Waals surface area contributed by atoms with Crippen molar-refractivity contribution in [1.82, 2.24) is 40.9 Å². The summed E-state index contributed by atoms with van der Waals surface area (Å²) in [5.41, 5.74) is 9.97. The molecule has 4 atom stereocenters. The van der Waals surface area contributed by atoms with Gasteiger partial charge in [-0.3, -0.25) is 9.59 Å². The Kier molecular flexibility index (Phi) is 18.2. The normalized spacial score (nSPS) is 20.0. The number of nitrogens with one attached hydrogen (secondary N) is 4. The van der Waals surface area contributed by atoms with Crippen molar-refractivity contribution in [2.45, 2.75) is 50.5 Å². The highest BCUT2D eigenvalue weighted by molar-refractivity contribution is 6.35. The Hall–Kier alpha value is -4.72. The van der Waals surface area contributed by atoms with Crippen molar-refractivity contribution in [3.05, 3.63) is 136 Å². The second-order valence-corrected chi connectivity index (χ2v) is 21.5. The summed E-state index contributed by atoms with van der Waals surface area (Å²) in [7, 11) is 4.14. The van der Waals surface area contributed by atoms with E-state index in [0.717, 1.165) is 88.2 Å². The average molecular weight is 1090 g/mol. The summed E-state index contributed by atoms with van der Waals surface area (Å²) in [5.74, 6) is 0.267. The van der Waals surface area contributed by atoms with Gasteiger partial charge in [0.05, 0.1) is 52.9 Å². The van der Waals surface area contributed by atoms with Gasteiger partial charge in [0, 0.05) is 121 Å². The quantitative estimate of drug-likeness (QED) is 0.0563. The van der Waals surface area contributed by atoms with E-state index < -0.39 is 0 Å². The van der Waals surface area contributed by atoms with E-state index in [1.165, 1.54) is 0 Å². The molecule has 1 aliphatic carbocycles. The summed E-state index contributed by atoms with van der Waals surface area (Å²) < 4.78 is 22.8. The summed E-state index contributed by atoms with van der Waals surface area (Å²) in [4.78, 5) is 59.6. The Balaban J connectivity index is 0.554. The first-order valence-corrected chi connectivity index (χ1v) is 26.8. The minimum Gasteiger partial charge on any atom is -0.377 e. The van der Waals surface area contributed by atoms with E-state index >= 15 is 0 Å². The van der Waals surface area contributed by atoms with E-state index in [-0.39, 0.29) is 47.7 Å². The first-order chi connectivity index (χ1) is 35.8. The van der Waals surface area contributed by atoms with Crippen LogP contribution in [0.1, 0.15) is 83.5 Å². The standard InChI is InChI=1S/C54H64Cl4N8O8/c1-63-29-44(42-22-38(55)24-48(57)46(42)31-63)33-3-5-35-27-65(51(67)40(35)19-33)9-13-73-17-15-71-11-7-59-53(69)61-26-37-21-50(37)62-54(70)60-8-12-72-16-18-74-14-10-66-28-36-6-4-34(20-41(36)52(66)68)45-30-64(2)32-47-43(45)23-39(56)25-49(47)58/h3-6,19-20,22-25,37,44-45,50H,7-18,21,26-32H2,1-2H3,(H2,59,61,69)(H2,60,62,70)/t37-,44?,45?,50+/m1/s1. The number of benzene rings is 4. The van der Waals surface area contributed by atoms with Crippen LogP contribution in [0.4, 0.5) is 9.59 Å². The van der Waals surface area contributed by atoms with Gasteiger partial charge in [0.15, 0.2) is 0 Å². The van der Waals surface area contributed by atoms with Crippen molar-refractivity contribution < 1.29 is 38.1 Å². The highest BCUT2D eigenvalue weighted by Gasteiger charge is 2.38. The molecule has 2 unspecified atom stereocenters. The molecule has 6 amide bonds. The zero-order valence-electron chi connectivity index (χ0n) is 41.8. The number of nitrogens with zero attached hydrogens (tertiary/aromatic N) is 4. The number of hydrogen-bond donors (Lipinski definition) is 4. The summed E-state index contributed by atoms with van der Waals surface area (Å²) in [6.07, 6.45) is 0.777. The first-order valence-electron chi connectivity index (χ1n) is 25.3. The number of amides is 6. The molecule has 1 fully saturated rings. The molecule has 0 aromatic heterocycles. The predicted octanol–water partition coefficient (Wildman–Crippen LogP) is 7.12. The fourth-order valence-corrected chi connectivity index (χ4v) is 11.6. The Morgan fingerprint density at radius 2 is 1.03 bits per heavy atom. The molecule has 4 N–H and O–H groups in total. The highest BCUT2D eigenvalue weighted by atomic mass is 35.5. The van der Waals surface area contributed by atoms with Gasteiger partial charge in [-0.05, 0) is 107 Å². The summed E-state index contributed by atoms with van der Waals surface area (Å²) in [6, 6.07) is 19.3. The van der Waals surface area contributed by atoms with Gasteiger partial charge in [0.2, 0.25) is 0 Å². The molecule has 74 heavy (non-hydrogen) atoms. The molecule has 16 nitrogen and oxygen atoms in total. The first kappa shape index (κ1) is 54.1. The van der Waals surface area contributed by atoms with Gasteiger partial charge < -0.3 is 59.8 Å². The molecule has 4 aromatic rings. The minimum absolute atomic E-state index is 0.00152. The lowest BCUT2D eigenvalue weighted by Gasteiger charge is -2.33. The Morgan fingerprint density at radius 3 is 1.51 bits per heavy atom. The maximum atomic E-state index is 13.4. The Bertz CT molecular complexity index is 2720. The summed E-state index contributed by atoms with van der Waals surface area (Å²) in [5, 5.41) is 13.9. The van der Waals surface area contributed by atoms with Gasteiger partial charge in [-0.15, -0.1) is 0 Å². The number of likely N-dealkylation sites (N-methyl/N-ethyl adjacent to an activating group) is 2. The summed E-state index contributed by atoms with van der Waals surface area (Å²) >= 11 is 25.9. The molecule has 0 bridgehead atoms. The average Bonchev–Trinajstić information content (AvgIpc) is 3.94. The third-order valence-electron chi connectivity index (χ3n) is 14.4. The van der Waals surface area contributed by atoms with Gasteiger partial charge in [-0.25, -0.2) is 9.59 Å². The number of carbonyl (C=O) groups excluding carboxylic acids is 4. The van der Waals surface area contributed by atoms with Crippen LogP contribution in [0, 0.1) is 5.92 Å². The van der Waals surface area contributed by atoms with Crippen molar-refractivity contribution in [1.29, 1.82) is 0 Å². The van der Waals surface area contributed by atoms with Crippen LogP contribution in [-0.2, 0) is 45.1 Å². The molecule has 1 saturated carbocycles. The predicted molar refractivity (Wildman–Crippen MR) is 285 cm³/mol. The molecule has 4 aliphatic heterocycles. The lowest BCUT2D eigenvalue weighted by molar-refractivity contribution is 0.0377. The van der Waals surface area contributed by atoms with Crippen molar-refractivity contribution >= 4 is 70.3 Å². The molecule has 20 heteroatoms. The number of halogens is 4. The van der Waals surface area contributed by atoms with Crippen molar-refractivity contribution in [3.8, 4) is 0 Å². The molecule has 396 valence electrons. The van der Waals surface area contributed by atoms with E-state index in [1.54, 1.807) is 21.9 Å². The number of fused-ring (bicyclic) bond motifs is 4. The number of rotatable bonds is 23. The van der Waals surface area contributed by atoms with Crippen LogP contribution >= 0.6 is 46.4 Å². The van der Waals surface area contributed by atoms with Crippen molar-refractivity contribution in [2.75, 3.05) is 113 Å². The van der Waals surface area contributed by atoms with Crippen LogP contribution in [0.2, 0.25) is 20.1 Å². The third kappa shape index (κ3) is 13.4. The molecule has 0 spiro atoms. The number of urea groups is 2. The Morgan fingerprint density at radius 1 is 0.568 bits per heavy atom. The zero-order valence-corrected chi connectivity index (χ0v) is 44.8. The maximum absolute atomic E-state index is 13.4. The van der Waals surface area contributed by atoms with Crippen LogP contribution in [0.25, 0.3) is 0 Å². The number of ether oxygens (including phenoxy) is 4. The van der Waals surface area contributed by atoms with Gasteiger partial charge in [0.1, 0.15) is 0 Å². The smallest absolute Gasteiger partial charge is 0.315 e. The van der Waals surface area contributed by atoms with Crippen molar-refractivity contribution in [3.63, 3.8) is 0 Å². The van der Waals surface area contributed by atoms with Gasteiger partial charge >= 0.3 is 12.1 Å². The van der Waals surface area contributed by atoms with Crippen LogP contribution < -0.4 is 21.3 Å². The van der Waals surface area contributed by atoms with Crippen LogP contribution in [0.15, 0.2) is 60.7 Å². The zero-order chi connectivity index (χ0) is 51.9. The van der Waals surface area contributed by atoms with Crippen molar-refractivity contribution in [2.24, 2.45) is 5.92 Å². The van der Waals surface area contributed by atoms with Gasteiger partial charge in [-0.2, -0.15) is 0 Å². The topological polar surface area (TPSA) is 166 Å². The molecule has 9 rings (SSSR count). The van der Waals surface area contributed by atoms with Crippen LogP contribution in [0.3, 0.4) is 0 Å². The Labute approximate surface area is 452 Å². The van der Waals surface area contributed by atoms with Crippen LogP contribution in [-0.4, -0.2) is 162 Å². The van der Waals surface area contributed by atoms with Gasteiger partial charge in [-0.1, -0.05) is 70.7 Å². The second-order valence-electron chi connectivity index (χ2n) is 19.8. The minimum atomic E-state index is -0.300. The lowest BCUT2D eigenvalue weighted by atomic mass is 9.84. The SMILES string of the molecule is CN1Cc2c(Cl)cc(Cl)cc2C(c2ccc3c(c2)C(=O)N(CCOCCOCCNC(=O)NC[C@H]2C[C@@H]2NC(=O)NCCOCCOCCN2Cc4ccc(C5CN(C)Cc6c(Cl)cc(Cl)cc65)cc4C2=O)C3)C1. The number of carbonyl (C=O) groups is 4. The van der Waals surface area contributed by atoms with E-state index in [0.29, 0.717) is 119 Å². The maximum Gasteiger partial charge on any atom is 0.315 e. The van der Waals surface area contributed by atoms with E-state index in [2.05, 4.69) is 69.4 Å². The molecule has 4 heterocycles. The molecule has 5 aliphatic rings. The number of hydrogen-bond acceptors (Lipinski definition) is 10. The third-order valence-corrected chi connectivity index (χ3v) is 15.5. The van der Waals surface area contributed by atoms with E-state index in [1.807, 2.05) is 24.3 Å². The summed E-state index contributed by atoms with van der Waals surface area (Å²) in [6.45, 7) is 9.10. The van der Waals surface area contributed by atoms with Gasteiger partial charge in [0.25, 0.3) is 11.8 Å². The molecular formula is C54H64Cl4N8O8.